The number of morpholine rings is 1. The minimum Gasteiger partial charge on any atom is -0.378 e. The number of anilines is 2. The lowest BCUT2D eigenvalue weighted by Gasteiger charge is -2.30. The van der Waals surface area contributed by atoms with Gasteiger partial charge in [-0.1, -0.05) is 18.2 Å². The van der Waals surface area contributed by atoms with Crippen molar-refractivity contribution in [2.24, 2.45) is 0 Å². The summed E-state index contributed by atoms with van der Waals surface area (Å²) in [6.07, 6.45) is -2.90. The molecule has 172 valence electrons. The van der Waals surface area contributed by atoms with Crippen LogP contribution in [0.25, 0.3) is 0 Å². The second-order valence-electron chi connectivity index (χ2n) is 7.73. The van der Waals surface area contributed by atoms with Crippen molar-refractivity contribution in [3.63, 3.8) is 0 Å². The van der Waals surface area contributed by atoms with Crippen LogP contribution >= 0.6 is 0 Å². The summed E-state index contributed by atoms with van der Waals surface area (Å²) in [7, 11) is 1.67. The van der Waals surface area contributed by atoms with Crippen LogP contribution in [0.2, 0.25) is 0 Å². The molecule has 1 fully saturated rings. The molecule has 0 saturated carbocycles. The maximum Gasteiger partial charge on any atom is 0.320 e. The molecule has 0 aliphatic carbocycles. The van der Waals surface area contributed by atoms with Gasteiger partial charge < -0.3 is 25.2 Å². The first kappa shape index (κ1) is 22.1. The summed E-state index contributed by atoms with van der Waals surface area (Å²) < 4.78 is 46.2. The number of aromatic nitrogens is 2. The van der Waals surface area contributed by atoms with Crippen molar-refractivity contribution in [1.29, 1.82) is 0 Å². The fraction of sp³-hybridized carbons (Fsp3) is 0.476. The van der Waals surface area contributed by atoms with Crippen LogP contribution in [0.5, 0.6) is 0 Å². The topological polar surface area (TPSA) is 82.6 Å². The molecule has 8 nitrogen and oxygen atoms in total. The molecule has 0 spiro atoms. The number of ether oxygens (including phenoxy) is 1. The lowest BCUT2D eigenvalue weighted by molar-refractivity contribution is 0.0429. The number of amides is 2. The smallest absolute Gasteiger partial charge is 0.320 e. The molecule has 2 amide bonds. The van der Waals surface area contributed by atoms with E-state index in [1.54, 1.807) is 23.8 Å². The van der Waals surface area contributed by atoms with Gasteiger partial charge in [0.25, 0.3) is 6.43 Å². The van der Waals surface area contributed by atoms with E-state index in [0.29, 0.717) is 56.9 Å². The van der Waals surface area contributed by atoms with Gasteiger partial charge in [-0.05, 0) is 6.92 Å². The lowest BCUT2D eigenvalue weighted by Crippen LogP contribution is -2.46. The van der Waals surface area contributed by atoms with Gasteiger partial charge in [-0.3, -0.25) is 0 Å². The van der Waals surface area contributed by atoms with Gasteiger partial charge in [-0.15, -0.1) is 0 Å². The van der Waals surface area contributed by atoms with E-state index in [1.165, 1.54) is 12.1 Å². The summed E-state index contributed by atoms with van der Waals surface area (Å²) in [6, 6.07) is 3.21. The summed E-state index contributed by atoms with van der Waals surface area (Å²) in [5, 5.41) is 6.02. The zero-order chi connectivity index (χ0) is 22.8. The van der Waals surface area contributed by atoms with E-state index in [4.69, 9.17) is 4.74 Å². The van der Waals surface area contributed by atoms with E-state index in [1.807, 2.05) is 0 Å². The van der Waals surface area contributed by atoms with Crippen LogP contribution in [0.15, 0.2) is 18.2 Å². The molecule has 1 atom stereocenters. The normalized spacial score (nSPS) is 16.8. The molecule has 2 aromatic rings. The van der Waals surface area contributed by atoms with Crippen LogP contribution in [0.4, 0.5) is 29.7 Å². The largest absolute Gasteiger partial charge is 0.378 e. The van der Waals surface area contributed by atoms with Crippen LogP contribution in [0.3, 0.4) is 0 Å². The van der Waals surface area contributed by atoms with Gasteiger partial charge in [0.1, 0.15) is 11.6 Å². The number of alkyl halides is 2. The van der Waals surface area contributed by atoms with Gasteiger partial charge in [0.05, 0.1) is 43.6 Å². The molecule has 32 heavy (non-hydrogen) atoms. The monoisotopic (exact) mass is 450 g/mol. The van der Waals surface area contributed by atoms with Crippen molar-refractivity contribution in [3.8, 4) is 0 Å². The Bertz CT molecular complexity index is 1000. The first-order valence-electron chi connectivity index (χ1n) is 10.4. The molecule has 2 aliphatic heterocycles. The second kappa shape index (κ2) is 9.19. The predicted molar refractivity (Wildman–Crippen MR) is 112 cm³/mol. The van der Waals surface area contributed by atoms with Gasteiger partial charge in [-0.2, -0.15) is 4.98 Å². The fourth-order valence-corrected chi connectivity index (χ4v) is 3.93. The van der Waals surface area contributed by atoms with E-state index < -0.39 is 23.8 Å². The average Bonchev–Trinajstić information content (AvgIpc) is 3.23. The lowest BCUT2D eigenvalue weighted by atomic mass is 10.0. The van der Waals surface area contributed by atoms with Crippen LogP contribution in [0, 0.1) is 5.82 Å². The zero-order valence-electron chi connectivity index (χ0n) is 17.9. The van der Waals surface area contributed by atoms with Crippen molar-refractivity contribution < 1.29 is 22.7 Å². The Balaban J connectivity index is 1.58. The zero-order valence-corrected chi connectivity index (χ0v) is 17.9. The molecule has 11 heteroatoms. The second-order valence-corrected chi connectivity index (χ2v) is 7.73. The number of halogens is 3. The fourth-order valence-electron chi connectivity index (χ4n) is 3.93. The summed E-state index contributed by atoms with van der Waals surface area (Å²) >= 11 is 0. The number of rotatable bonds is 5. The molecule has 2 N–H and O–H groups in total. The first-order valence-corrected chi connectivity index (χ1v) is 10.4. The summed E-state index contributed by atoms with van der Waals surface area (Å²) in [5.74, 6) is -0.155. The highest BCUT2D eigenvalue weighted by Gasteiger charge is 2.32. The molecule has 2 aliphatic rings. The molecule has 1 saturated heterocycles. The number of nitrogens with one attached hydrogen (secondary N) is 2. The minimum absolute atomic E-state index is 0.105. The Labute approximate surface area is 183 Å². The van der Waals surface area contributed by atoms with Gasteiger partial charge >= 0.3 is 6.03 Å². The molecule has 1 aromatic carbocycles. The van der Waals surface area contributed by atoms with Crippen LogP contribution in [0.1, 0.15) is 41.8 Å². The van der Waals surface area contributed by atoms with E-state index >= 15 is 0 Å². The van der Waals surface area contributed by atoms with Crippen LogP contribution in [-0.4, -0.2) is 59.1 Å². The van der Waals surface area contributed by atoms with E-state index in [9.17, 15) is 18.0 Å². The van der Waals surface area contributed by atoms with Gasteiger partial charge in [0, 0.05) is 31.3 Å². The van der Waals surface area contributed by atoms with Crippen molar-refractivity contribution >= 4 is 17.8 Å². The number of carbonyl (C=O) groups is 1. The summed E-state index contributed by atoms with van der Waals surface area (Å²) in [5.41, 5.74) is 0.882. The Hall–Kier alpha value is -3.08. The van der Waals surface area contributed by atoms with E-state index in [2.05, 4.69) is 20.6 Å². The number of hydrogen-bond donors (Lipinski definition) is 2. The quantitative estimate of drug-likeness (QED) is 0.725. The van der Waals surface area contributed by atoms with Crippen molar-refractivity contribution in [3.05, 3.63) is 46.4 Å². The SMILES string of the molecule is CNc1nc2c(c(N[C@H](C)c3cccc(C(F)F)c3F)n1)CN(C(=O)N1CCOCC1)C2. The third kappa shape index (κ3) is 4.29. The van der Waals surface area contributed by atoms with Crippen LogP contribution in [-0.2, 0) is 17.8 Å². The highest BCUT2D eigenvalue weighted by atomic mass is 19.3. The van der Waals surface area contributed by atoms with Crippen molar-refractivity contribution in [2.45, 2.75) is 32.5 Å². The standard InChI is InChI=1S/C21H25F3N6O2/c1-12(13-4-3-5-14(17(13)22)18(23)24)26-19-15-10-30(11-16(15)27-20(25-2)28-19)21(31)29-6-8-32-9-7-29/h3-5,12,18H,6-11H2,1-2H3,(H2,25,26,27,28)/t12-/m1/s1. The van der Waals surface area contributed by atoms with E-state index in [-0.39, 0.29) is 11.6 Å². The molecule has 4 rings (SSSR count). The summed E-state index contributed by atoms with van der Waals surface area (Å²) in [4.78, 5) is 25.3. The molecule has 0 unspecified atom stereocenters. The van der Waals surface area contributed by atoms with E-state index in [0.717, 1.165) is 11.6 Å². The maximum absolute atomic E-state index is 14.6. The number of hydrogen-bond acceptors (Lipinski definition) is 6. The highest BCUT2D eigenvalue weighted by molar-refractivity contribution is 5.76. The Morgan fingerprint density at radius 1 is 1.12 bits per heavy atom. The number of carbonyl (C=O) groups excluding carboxylic acids is 1. The van der Waals surface area contributed by atoms with Gasteiger partial charge in [-0.25, -0.2) is 22.9 Å². The number of urea groups is 1. The third-order valence-electron chi connectivity index (χ3n) is 5.67. The van der Waals surface area contributed by atoms with Crippen molar-refractivity contribution in [1.82, 2.24) is 19.8 Å². The summed E-state index contributed by atoms with van der Waals surface area (Å²) in [6.45, 7) is 4.35. The first-order chi connectivity index (χ1) is 15.4. The maximum atomic E-state index is 14.6. The molecule has 0 radical (unpaired) electrons. The van der Waals surface area contributed by atoms with Gasteiger partial charge in [0.15, 0.2) is 0 Å². The Morgan fingerprint density at radius 2 is 1.84 bits per heavy atom. The highest BCUT2D eigenvalue weighted by Crippen LogP contribution is 2.33. The average molecular weight is 450 g/mol. The Morgan fingerprint density at radius 3 is 2.53 bits per heavy atom. The molecule has 0 bridgehead atoms. The van der Waals surface area contributed by atoms with Crippen molar-refractivity contribution in [2.75, 3.05) is 44.0 Å². The molecule has 1 aromatic heterocycles. The number of fused-ring (bicyclic) bond motifs is 1. The number of benzene rings is 1. The number of nitrogens with zero attached hydrogens (tertiary/aromatic N) is 4. The third-order valence-corrected chi connectivity index (χ3v) is 5.67. The van der Waals surface area contributed by atoms with Crippen LogP contribution < -0.4 is 10.6 Å². The molecule has 3 heterocycles. The van der Waals surface area contributed by atoms with Gasteiger partial charge in [0.2, 0.25) is 5.95 Å². The minimum atomic E-state index is -2.90. The Kier molecular flexibility index (Phi) is 6.35. The molecular weight excluding hydrogens is 425 g/mol. The predicted octanol–water partition coefficient (Wildman–Crippen LogP) is 3.54. The molecular formula is C21H25F3N6O2.